The highest BCUT2D eigenvalue weighted by atomic mass is 35.5. The van der Waals surface area contributed by atoms with Crippen LogP contribution < -0.4 is 19.8 Å². The zero-order valence-corrected chi connectivity index (χ0v) is 32.2. The summed E-state index contributed by atoms with van der Waals surface area (Å²) in [5.41, 5.74) is 2.11. The first kappa shape index (κ1) is 39.0. The van der Waals surface area contributed by atoms with E-state index in [1.54, 1.807) is 54.6 Å². The van der Waals surface area contributed by atoms with Crippen molar-refractivity contribution in [2.75, 3.05) is 24.5 Å². The molecule has 2 saturated heterocycles. The second-order valence-electron chi connectivity index (χ2n) is 14.5. The smallest absolute Gasteiger partial charge is 0.417 e. The van der Waals surface area contributed by atoms with Crippen LogP contribution in [-0.2, 0) is 30.8 Å². The third-order valence-corrected chi connectivity index (χ3v) is 12.3. The van der Waals surface area contributed by atoms with Gasteiger partial charge in [0.05, 0.1) is 53.7 Å². The highest BCUT2D eigenvalue weighted by Gasteiger charge is 2.70. The molecule has 0 unspecified atom stereocenters. The molecule has 2 aliphatic heterocycles. The third kappa shape index (κ3) is 5.83. The molecule has 3 aromatic carbocycles. The predicted octanol–water partition coefficient (Wildman–Crippen LogP) is 7.96. The van der Waals surface area contributed by atoms with Gasteiger partial charge in [-0.3, -0.25) is 29.5 Å². The number of hydrogen-bond acceptors (Lipinski definition) is 9. The van der Waals surface area contributed by atoms with Gasteiger partial charge < -0.3 is 14.6 Å². The van der Waals surface area contributed by atoms with Gasteiger partial charge >= 0.3 is 6.18 Å². The second kappa shape index (κ2) is 14.2. The first-order valence-corrected chi connectivity index (χ1v) is 18.8. The van der Waals surface area contributed by atoms with Gasteiger partial charge in [0.1, 0.15) is 0 Å². The molecule has 8 rings (SSSR count). The summed E-state index contributed by atoms with van der Waals surface area (Å²) in [4.78, 5) is 64.1. The molecule has 0 bridgehead atoms. The number of methoxy groups -OCH3 is 2. The number of aromatic hydroxyl groups is 1. The lowest BCUT2D eigenvalue weighted by atomic mass is 9.49. The molecule has 4 aliphatic rings. The van der Waals surface area contributed by atoms with Crippen molar-refractivity contribution >= 4 is 64.4 Å². The van der Waals surface area contributed by atoms with E-state index < -0.39 is 81.2 Å². The molecular formula is C42H33Cl2F3N4O7. The molecule has 298 valence electrons. The topological polar surface area (TPSA) is 138 Å². The Bertz CT molecular complexity index is 2420. The van der Waals surface area contributed by atoms with Crippen LogP contribution in [0.4, 0.5) is 24.7 Å². The number of phenolic OH excluding ortho intramolecular Hbond substituents is 1. The Morgan fingerprint density at radius 3 is 2.17 bits per heavy atom. The number of nitrogens with zero attached hydrogens (tertiary/aromatic N) is 3. The Hall–Kier alpha value is -5.86. The van der Waals surface area contributed by atoms with Crippen LogP contribution in [0.2, 0.25) is 10.0 Å². The number of fused-ring (bicyclic) bond motifs is 4. The average molecular weight is 834 g/mol. The van der Waals surface area contributed by atoms with E-state index in [1.165, 1.54) is 26.4 Å². The maximum absolute atomic E-state index is 15.5. The molecular weight excluding hydrogens is 800 g/mol. The minimum absolute atomic E-state index is 0.0117. The van der Waals surface area contributed by atoms with Gasteiger partial charge in [-0.25, -0.2) is 4.98 Å². The number of anilines is 2. The molecule has 2 N–H and O–H groups in total. The SMILES string of the molecule is C=Cc1ccc(N2C(=O)[C@H]3[C@H](CC=C4[C@H]3C[C@H]3C(=O)N(Nc5ncc(C(F)(F)F)cc5Cl)C(=O)[C@@]3(c3ccc(Cl)cc3)[C@H]4c3cc(OC)c(O)c(OC)c3)C2=O)cc1. The van der Waals surface area contributed by atoms with Crippen LogP contribution in [-0.4, -0.2) is 52.9 Å². The standard InChI is InChI=1S/C42H33Cl2F3N4O7/c1-4-20-5-11-25(12-6-20)50-37(53)27-14-13-26-28(33(27)39(50)55)18-29-38(54)51(49-36-30(44)17-23(19-48-36)42(45,46)47)40(56)41(29,22-7-9-24(43)10-8-22)34(26)21-15-31(57-2)35(52)32(16-21)58-3/h4-13,15-17,19,27-29,33-34,52H,1,14,18H2,2-3H3,(H,48,49)/t27-,28+,29-,33-,34-,41+/m0/s1. The average Bonchev–Trinajstić information content (AvgIpc) is 3.59. The molecule has 0 radical (unpaired) electrons. The molecule has 3 heterocycles. The van der Waals surface area contributed by atoms with Gasteiger partial charge in [-0.1, -0.05) is 71.8 Å². The summed E-state index contributed by atoms with van der Waals surface area (Å²) in [5.74, 6) is -8.02. The Labute approximate surface area is 339 Å². The molecule has 11 nitrogen and oxygen atoms in total. The number of hydrazine groups is 1. The molecule has 0 spiro atoms. The molecule has 1 aromatic heterocycles. The third-order valence-electron chi connectivity index (χ3n) is 11.8. The number of imide groups is 2. The number of allylic oxidation sites excluding steroid dienone is 2. The minimum Gasteiger partial charge on any atom is -0.502 e. The number of hydrogen-bond donors (Lipinski definition) is 2. The quantitative estimate of drug-likeness (QED) is 0.134. The molecule has 2 aliphatic carbocycles. The van der Waals surface area contributed by atoms with E-state index in [1.807, 2.05) is 6.08 Å². The van der Waals surface area contributed by atoms with Crippen LogP contribution in [0, 0.1) is 23.7 Å². The van der Waals surface area contributed by atoms with Crippen molar-refractivity contribution in [2.45, 2.75) is 30.4 Å². The van der Waals surface area contributed by atoms with E-state index in [0.717, 1.165) is 10.5 Å². The van der Waals surface area contributed by atoms with E-state index >= 15 is 4.79 Å². The van der Waals surface area contributed by atoms with E-state index in [-0.39, 0.29) is 30.1 Å². The molecule has 6 atom stereocenters. The maximum Gasteiger partial charge on any atom is 0.417 e. The molecule has 4 aromatic rings. The summed E-state index contributed by atoms with van der Waals surface area (Å²) in [6, 6.07) is 16.8. The van der Waals surface area contributed by atoms with Gasteiger partial charge in [0.25, 0.3) is 11.8 Å². The molecule has 16 heteroatoms. The molecule has 58 heavy (non-hydrogen) atoms. The fraction of sp³-hybridized carbons (Fsp3) is 0.262. The number of benzene rings is 3. The summed E-state index contributed by atoms with van der Waals surface area (Å²) in [6.45, 7) is 3.76. The van der Waals surface area contributed by atoms with Crippen molar-refractivity contribution in [1.82, 2.24) is 9.99 Å². The predicted molar refractivity (Wildman–Crippen MR) is 207 cm³/mol. The van der Waals surface area contributed by atoms with Crippen LogP contribution in [0.1, 0.15) is 41.0 Å². The fourth-order valence-electron chi connectivity index (χ4n) is 9.25. The zero-order chi connectivity index (χ0) is 41.4. The second-order valence-corrected chi connectivity index (χ2v) is 15.3. The summed E-state index contributed by atoms with van der Waals surface area (Å²) < 4.78 is 51.7. The van der Waals surface area contributed by atoms with Crippen LogP contribution in [0.15, 0.2) is 91.2 Å². The first-order chi connectivity index (χ1) is 27.6. The van der Waals surface area contributed by atoms with E-state index in [0.29, 0.717) is 44.7 Å². The van der Waals surface area contributed by atoms with E-state index in [4.69, 9.17) is 32.7 Å². The van der Waals surface area contributed by atoms with E-state index in [9.17, 15) is 32.7 Å². The fourth-order valence-corrected chi connectivity index (χ4v) is 9.59. The first-order valence-electron chi connectivity index (χ1n) is 18.0. The summed E-state index contributed by atoms with van der Waals surface area (Å²) in [5, 5.41) is 11.5. The van der Waals surface area contributed by atoms with Gasteiger partial charge in [-0.2, -0.15) is 18.2 Å². The van der Waals surface area contributed by atoms with Gasteiger partial charge in [0.15, 0.2) is 17.3 Å². The van der Waals surface area contributed by atoms with Crippen LogP contribution in [0.3, 0.4) is 0 Å². The number of halogens is 5. The number of amides is 4. The van der Waals surface area contributed by atoms with Crippen molar-refractivity contribution < 1.29 is 46.9 Å². The number of phenols is 1. The van der Waals surface area contributed by atoms with Crippen LogP contribution in [0.25, 0.3) is 6.08 Å². The van der Waals surface area contributed by atoms with Crippen LogP contribution in [0.5, 0.6) is 17.2 Å². The number of alkyl halides is 3. The van der Waals surface area contributed by atoms with Gasteiger partial charge in [-0.05, 0) is 77.9 Å². The number of pyridine rings is 1. The molecule has 4 amide bonds. The lowest BCUT2D eigenvalue weighted by Gasteiger charge is -2.50. The van der Waals surface area contributed by atoms with Crippen molar-refractivity contribution in [2.24, 2.45) is 23.7 Å². The highest BCUT2D eigenvalue weighted by Crippen LogP contribution is 2.65. The summed E-state index contributed by atoms with van der Waals surface area (Å²) in [7, 11) is 2.67. The Morgan fingerprint density at radius 2 is 1.59 bits per heavy atom. The molecule has 1 saturated carbocycles. The number of nitrogens with one attached hydrogen (secondary N) is 1. The number of rotatable bonds is 8. The minimum atomic E-state index is -4.77. The Morgan fingerprint density at radius 1 is 0.931 bits per heavy atom. The number of ether oxygens (including phenoxy) is 2. The number of aromatic nitrogens is 1. The number of carbonyl (C=O) groups excluding carboxylic acids is 4. The van der Waals surface area contributed by atoms with E-state index in [2.05, 4.69) is 17.0 Å². The summed E-state index contributed by atoms with van der Waals surface area (Å²) >= 11 is 12.6. The van der Waals surface area contributed by atoms with Crippen LogP contribution >= 0.6 is 23.2 Å². The Kier molecular flexibility index (Phi) is 9.55. The zero-order valence-electron chi connectivity index (χ0n) is 30.7. The van der Waals surface area contributed by atoms with Crippen molar-refractivity contribution in [3.8, 4) is 17.2 Å². The van der Waals surface area contributed by atoms with Crippen molar-refractivity contribution in [3.05, 3.63) is 123 Å². The Balaban J connectivity index is 1.33. The van der Waals surface area contributed by atoms with Crippen molar-refractivity contribution in [3.63, 3.8) is 0 Å². The lowest BCUT2D eigenvalue weighted by molar-refractivity contribution is -0.139. The largest absolute Gasteiger partial charge is 0.502 e. The number of carbonyl (C=O) groups is 4. The normalized spacial score (nSPS) is 25.2. The highest BCUT2D eigenvalue weighted by molar-refractivity contribution is 6.33. The maximum atomic E-state index is 15.5. The van der Waals surface area contributed by atoms with Gasteiger partial charge in [0, 0.05) is 17.1 Å². The van der Waals surface area contributed by atoms with Gasteiger partial charge in [-0.15, -0.1) is 0 Å². The summed E-state index contributed by atoms with van der Waals surface area (Å²) in [6.07, 6.45) is -0.729. The molecule has 3 fully saturated rings. The lowest BCUT2D eigenvalue weighted by Crippen LogP contribution is -2.53. The van der Waals surface area contributed by atoms with Crippen molar-refractivity contribution in [1.29, 1.82) is 0 Å². The monoisotopic (exact) mass is 832 g/mol. The van der Waals surface area contributed by atoms with Gasteiger partial charge in [0.2, 0.25) is 17.6 Å².